The van der Waals surface area contributed by atoms with E-state index in [1.165, 1.54) is 13.2 Å². The monoisotopic (exact) mass is 283 g/mol. The molecule has 1 aliphatic rings. The van der Waals surface area contributed by atoms with Crippen LogP contribution in [0.15, 0.2) is 12.1 Å². The Kier molecular flexibility index (Phi) is 5.20. The number of methoxy groups -OCH3 is 2. The number of rotatable bonds is 5. The summed E-state index contributed by atoms with van der Waals surface area (Å²) in [4.78, 5) is 0. The van der Waals surface area contributed by atoms with Gasteiger partial charge in [-0.3, -0.25) is 0 Å². The molecule has 0 aliphatic carbocycles. The van der Waals surface area contributed by atoms with Crippen LogP contribution in [0.3, 0.4) is 0 Å². The molecule has 2 rings (SSSR count). The predicted molar refractivity (Wildman–Crippen MR) is 74.9 cm³/mol. The van der Waals surface area contributed by atoms with Crippen molar-refractivity contribution in [3.05, 3.63) is 23.5 Å². The molecule has 1 aromatic carbocycles. The normalized spacial score (nSPS) is 20.5. The zero-order chi connectivity index (χ0) is 14.5. The summed E-state index contributed by atoms with van der Waals surface area (Å²) >= 11 is 0. The highest BCUT2D eigenvalue weighted by Crippen LogP contribution is 2.32. The van der Waals surface area contributed by atoms with Gasteiger partial charge in [0, 0.05) is 30.3 Å². The number of benzene rings is 1. The molecule has 0 unspecified atom stereocenters. The lowest BCUT2D eigenvalue weighted by atomic mass is 10.0. The van der Waals surface area contributed by atoms with Gasteiger partial charge >= 0.3 is 0 Å². The molecule has 0 saturated carbocycles. The molecule has 1 N–H and O–H groups in total. The first-order chi connectivity index (χ1) is 9.65. The minimum Gasteiger partial charge on any atom is -0.493 e. The summed E-state index contributed by atoms with van der Waals surface area (Å²) < 4.78 is 29.9. The fourth-order valence-corrected chi connectivity index (χ4v) is 2.52. The van der Waals surface area contributed by atoms with Gasteiger partial charge < -0.3 is 19.5 Å². The highest BCUT2D eigenvalue weighted by Gasteiger charge is 2.20. The fraction of sp³-hybridized carbons (Fsp3) is 0.600. The predicted octanol–water partition coefficient (Wildman–Crippen LogP) is 2.67. The summed E-state index contributed by atoms with van der Waals surface area (Å²) in [5.74, 6) is 0.652. The van der Waals surface area contributed by atoms with Crippen molar-refractivity contribution in [1.29, 1.82) is 0 Å². The molecule has 4 nitrogen and oxygen atoms in total. The molecule has 0 aromatic heterocycles. The second-order valence-corrected chi connectivity index (χ2v) is 5.03. The molecule has 0 spiro atoms. The van der Waals surface area contributed by atoms with Crippen molar-refractivity contribution in [3.8, 4) is 11.5 Å². The van der Waals surface area contributed by atoms with Gasteiger partial charge in [0.05, 0.1) is 20.8 Å². The minimum absolute atomic E-state index is 0.110. The molecule has 0 radical (unpaired) electrons. The van der Waals surface area contributed by atoms with E-state index in [0.29, 0.717) is 23.7 Å². The number of halogens is 1. The first-order valence-corrected chi connectivity index (χ1v) is 6.91. The minimum atomic E-state index is -0.292. The second kappa shape index (κ2) is 6.90. The molecule has 0 bridgehead atoms. The van der Waals surface area contributed by atoms with Crippen LogP contribution in [0.25, 0.3) is 0 Å². The van der Waals surface area contributed by atoms with E-state index in [1.54, 1.807) is 13.2 Å². The Bertz CT molecular complexity index is 447. The van der Waals surface area contributed by atoms with Crippen molar-refractivity contribution in [1.82, 2.24) is 5.32 Å². The molecular weight excluding hydrogens is 261 g/mol. The van der Waals surface area contributed by atoms with E-state index in [9.17, 15) is 4.39 Å². The van der Waals surface area contributed by atoms with E-state index in [2.05, 4.69) is 5.32 Å². The van der Waals surface area contributed by atoms with E-state index >= 15 is 0 Å². The maximum atomic E-state index is 14.2. The number of ether oxygens (including phenoxy) is 3. The summed E-state index contributed by atoms with van der Waals surface area (Å²) in [6.07, 6.45) is 2.10. The van der Waals surface area contributed by atoms with E-state index in [4.69, 9.17) is 14.2 Å². The summed E-state index contributed by atoms with van der Waals surface area (Å²) in [6, 6.07) is 3.21. The molecule has 112 valence electrons. The fourth-order valence-electron chi connectivity index (χ4n) is 2.52. The maximum absolute atomic E-state index is 14.2. The highest BCUT2D eigenvalue weighted by atomic mass is 19.1. The first-order valence-electron chi connectivity index (χ1n) is 6.91. The van der Waals surface area contributed by atoms with Crippen LogP contribution in [0.4, 0.5) is 4.39 Å². The quantitative estimate of drug-likeness (QED) is 0.902. The molecule has 1 aliphatic heterocycles. The Morgan fingerprint density at radius 2 is 2.00 bits per heavy atom. The van der Waals surface area contributed by atoms with Crippen molar-refractivity contribution >= 4 is 0 Å². The summed E-state index contributed by atoms with van der Waals surface area (Å²) in [6.45, 7) is 3.44. The molecule has 5 heteroatoms. The van der Waals surface area contributed by atoms with Gasteiger partial charge in [0.2, 0.25) is 0 Å². The lowest BCUT2D eigenvalue weighted by molar-refractivity contribution is 0.0669. The van der Waals surface area contributed by atoms with E-state index in [0.717, 1.165) is 19.4 Å². The molecular formula is C15H22FNO3. The van der Waals surface area contributed by atoms with Gasteiger partial charge in [0.15, 0.2) is 11.5 Å². The third-order valence-corrected chi connectivity index (χ3v) is 3.62. The number of hydrogen-bond donors (Lipinski definition) is 1. The Hall–Kier alpha value is -1.33. The van der Waals surface area contributed by atoms with Gasteiger partial charge in [0.1, 0.15) is 5.82 Å². The van der Waals surface area contributed by atoms with Crippen LogP contribution >= 0.6 is 0 Å². The summed E-state index contributed by atoms with van der Waals surface area (Å²) in [5, 5.41) is 3.40. The first kappa shape index (κ1) is 15.1. The van der Waals surface area contributed by atoms with Crippen LogP contribution in [0.5, 0.6) is 11.5 Å². The van der Waals surface area contributed by atoms with Crippen LogP contribution in [-0.2, 0) is 4.74 Å². The van der Waals surface area contributed by atoms with Crippen molar-refractivity contribution in [2.75, 3.05) is 27.4 Å². The third kappa shape index (κ3) is 3.41. The highest BCUT2D eigenvalue weighted by molar-refractivity contribution is 5.44. The second-order valence-electron chi connectivity index (χ2n) is 5.03. The number of hydrogen-bond acceptors (Lipinski definition) is 4. The molecule has 2 atom stereocenters. The van der Waals surface area contributed by atoms with Gasteiger partial charge in [-0.1, -0.05) is 0 Å². The van der Waals surface area contributed by atoms with Gasteiger partial charge in [-0.05, 0) is 25.8 Å². The maximum Gasteiger partial charge on any atom is 0.163 e. The molecule has 0 amide bonds. The molecule has 20 heavy (non-hydrogen) atoms. The van der Waals surface area contributed by atoms with Crippen molar-refractivity contribution < 1.29 is 18.6 Å². The van der Waals surface area contributed by atoms with Gasteiger partial charge in [-0.2, -0.15) is 0 Å². The van der Waals surface area contributed by atoms with Crippen LogP contribution < -0.4 is 14.8 Å². The average Bonchev–Trinajstić information content (AvgIpc) is 2.47. The van der Waals surface area contributed by atoms with E-state index < -0.39 is 0 Å². The zero-order valence-corrected chi connectivity index (χ0v) is 12.2. The van der Waals surface area contributed by atoms with Crippen LogP contribution in [0.1, 0.15) is 31.4 Å². The lowest BCUT2D eigenvalue weighted by Gasteiger charge is -2.27. The third-order valence-electron chi connectivity index (χ3n) is 3.62. The largest absolute Gasteiger partial charge is 0.493 e. The molecule has 1 heterocycles. The van der Waals surface area contributed by atoms with E-state index in [1.807, 2.05) is 6.92 Å². The average molecular weight is 283 g/mol. The standard InChI is InChI=1S/C15H22FNO3/c1-10(17-11-5-4-6-20-9-11)12-7-14(18-2)15(19-3)8-13(12)16/h7-8,10-11,17H,4-6,9H2,1-3H3/t10-,11+/m1/s1. The smallest absolute Gasteiger partial charge is 0.163 e. The Balaban J connectivity index is 2.13. The van der Waals surface area contributed by atoms with Crippen molar-refractivity contribution in [2.24, 2.45) is 0 Å². The van der Waals surface area contributed by atoms with E-state index in [-0.39, 0.29) is 17.9 Å². The van der Waals surface area contributed by atoms with Crippen molar-refractivity contribution in [3.63, 3.8) is 0 Å². The van der Waals surface area contributed by atoms with Crippen LogP contribution in [0, 0.1) is 5.82 Å². The SMILES string of the molecule is COc1cc(F)c([C@@H](C)N[C@H]2CCCOC2)cc1OC. The van der Waals surface area contributed by atoms with Crippen LogP contribution in [-0.4, -0.2) is 33.5 Å². The zero-order valence-electron chi connectivity index (χ0n) is 12.2. The molecule has 1 saturated heterocycles. The van der Waals surface area contributed by atoms with Gasteiger partial charge in [0.25, 0.3) is 0 Å². The Labute approximate surface area is 119 Å². The molecule has 1 aromatic rings. The molecule has 1 fully saturated rings. The van der Waals surface area contributed by atoms with Gasteiger partial charge in [-0.15, -0.1) is 0 Å². The summed E-state index contributed by atoms with van der Waals surface area (Å²) in [7, 11) is 3.05. The number of nitrogens with one attached hydrogen (secondary N) is 1. The Morgan fingerprint density at radius 1 is 1.30 bits per heavy atom. The lowest BCUT2D eigenvalue weighted by Crippen LogP contribution is -2.38. The van der Waals surface area contributed by atoms with Crippen LogP contribution in [0.2, 0.25) is 0 Å². The van der Waals surface area contributed by atoms with Gasteiger partial charge in [-0.25, -0.2) is 4.39 Å². The van der Waals surface area contributed by atoms with Crippen molar-refractivity contribution in [2.45, 2.75) is 31.8 Å². The topological polar surface area (TPSA) is 39.7 Å². The Morgan fingerprint density at radius 3 is 2.60 bits per heavy atom. The summed E-state index contributed by atoms with van der Waals surface area (Å²) in [5.41, 5.74) is 0.577.